The molecule has 4 saturated carbocycles. The van der Waals surface area contributed by atoms with Crippen molar-refractivity contribution in [3.63, 3.8) is 0 Å². The Hall–Kier alpha value is -0.280. The van der Waals surface area contributed by atoms with Gasteiger partial charge >= 0.3 is 0 Å². The van der Waals surface area contributed by atoms with Crippen molar-refractivity contribution in [2.45, 2.75) is 121 Å². The second kappa shape index (κ2) is 9.64. The molecule has 3 N–H and O–H groups in total. The first-order chi connectivity index (χ1) is 18.2. The minimum atomic E-state index is -0.362. The average Bonchev–Trinajstić information content (AvgIpc) is 3.47. The number of fused-ring (bicyclic) bond motifs is 5. The summed E-state index contributed by atoms with van der Waals surface area (Å²) < 4.78 is 12.0. The number of piperidine rings is 2. The van der Waals surface area contributed by atoms with E-state index in [1.54, 1.807) is 0 Å². The molecule has 216 valence electrons. The number of aliphatic hydroxyl groups is 3. The van der Waals surface area contributed by atoms with Crippen molar-refractivity contribution in [1.29, 1.82) is 0 Å². The zero-order chi connectivity index (χ0) is 26.3. The highest BCUT2D eigenvalue weighted by Crippen LogP contribution is 2.67. The van der Waals surface area contributed by atoms with Gasteiger partial charge < -0.3 is 24.8 Å². The smallest absolute Gasteiger partial charge is 0.170 e. The van der Waals surface area contributed by atoms with Crippen LogP contribution in [0.25, 0.3) is 0 Å². The van der Waals surface area contributed by atoms with Crippen LogP contribution in [0.2, 0.25) is 0 Å². The van der Waals surface area contributed by atoms with Crippen molar-refractivity contribution in [1.82, 2.24) is 9.80 Å². The lowest BCUT2D eigenvalue weighted by Crippen LogP contribution is -2.61. The van der Waals surface area contributed by atoms with Gasteiger partial charge in [0, 0.05) is 51.1 Å². The van der Waals surface area contributed by atoms with Crippen LogP contribution in [0.5, 0.6) is 0 Å². The van der Waals surface area contributed by atoms with Crippen LogP contribution in [0.15, 0.2) is 0 Å². The molecule has 4 aliphatic carbocycles. The molecule has 3 aliphatic heterocycles. The quantitative estimate of drug-likeness (QED) is 0.504. The summed E-state index contributed by atoms with van der Waals surface area (Å²) in [6, 6.07) is 0.493. The Morgan fingerprint density at radius 1 is 0.684 bits per heavy atom. The molecular weight excluding hydrogens is 480 g/mol. The molecule has 3 saturated heterocycles. The summed E-state index contributed by atoms with van der Waals surface area (Å²) in [5.41, 5.74) is 0.281. The minimum absolute atomic E-state index is 0.0150. The number of aliphatic hydroxyl groups excluding tert-OH is 3. The number of hydrogen-bond donors (Lipinski definition) is 3. The molecule has 0 aromatic rings. The summed E-state index contributed by atoms with van der Waals surface area (Å²) >= 11 is 0. The zero-order valence-corrected chi connectivity index (χ0v) is 23.8. The van der Waals surface area contributed by atoms with E-state index in [9.17, 15) is 15.3 Å². The van der Waals surface area contributed by atoms with Crippen LogP contribution in [0.1, 0.15) is 84.5 Å². The first kappa shape index (κ1) is 26.6. The SMILES string of the molecule is C[C@]12CC(N3CCC4(CC3)OCCO4)C(O)CC1CC[C@@H]1[C@H]2CC[C@]2(C)C(O)C(N3CCC(O)CC3)C[C@@H]12. The summed E-state index contributed by atoms with van der Waals surface area (Å²) in [6.07, 6.45) is 10.9. The normalized spacial score (nSPS) is 52.0. The lowest BCUT2D eigenvalue weighted by atomic mass is 9.44. The maximum absolute atomic E-state index is 11.7. The lowest BCUT2D eigenvalue weighted by molar-refractivity contribution is -0.200. The van der Waals surface area contributed by atoms with E-state index >= 15 is 0 Å². The standard InChI is InChI=1S/C31H52N2O5/c1-29-8-5-23-22(24(29)18-25(28(29)36)32-11-6-21(34)7-12-32)4-3-20-17-27(35)26(19-30(20,23)2)33-13-9-31(10-14-33)37-15-16-38-31/h20-28,34-36H,3-19H2,1-2H3/t20?,22-,23-,24+,25?,26?,27?,28?,29+,30+/m1/s1. The molecule has 7 heteroatoms. The molecule has 10 atom stereocenters. The third kappa shape index (κ3) is 4.08. The molecule has 7 fully saturated rings. The van der Waals surface area contributed by atoms with E-state index in [0.717, 1.165) is 77.5 Å². The first-order valence-corrected chi connectivity index (χ1v) is 16.0. The van der Waals surface area contributed by atoms with Gasteiger partial charge in [0.05, 0.1) is 31.5 Å². The fourth-order valence-electron chi connectivity index (χ4n) is 11.2. The van der Waals surface area contributed by atoms with Crippen LogP contribution in [0.3, 0.4) is 0 Å². The molecule has 0 radical (unpaired) electrons. The van der Waals surface area contributed by atoms with Gasteiger partial charge in [0.1, 0.15) is 0 Å². The Morgan fingerprint density at radius 2 is 1.37 bits per heavy atom. The summed E-state index contributed by atoms with van der Waals surface area (Å²) in [5, 5.41) is 33.2. The number of rotatable bonds is 2. The molecule has 0 amide bonds. The van der Waals surface area contributed by atoms with Gasteiger partial charge in [0.15, 0.2) is 5.79 Å². The van der Waals surface area contributed by atoms with E-state index in [-0.39, 0.29) is 47.0 Å². The monoisotopic (exact) mass is 532 g/mol. The van der Waals surface area contributed by atoms with Crippen molar-refractivity contribution < 1.29 is 24.8 Å². The highest BCUT2D eigenvalue weighted by Gasteiger charge is 2.64. The number of hydrogen-bond acceptors (Lipinski definition) is 7. The van der Waals surface area contributed by atoms with Gasteiger partial charge in [0.25, 0.3) is 0 Å². The zero-order valence-electron chi connectivity index (χ0n) is 23.8. The van der Waals surface area contributed by atoms with Crippen LogP contribution >= 0.6 is 0 Å². The van der Waals surface area contributed by atoms with Crippen LogP contribution < -0.4 is 0 Å². The second-order valence-corrected chi connectivity index (χ2v) is 14.9. The van der Waals surface area contributed by atoms with Gasteiger partial charge in [-0.05, 0) is 92.3 Å². The Bertz CT molecular complexity index is 864. The van der Waals surface area contributed by atoms with Crippen molar-refractivity contribution in [2.75, 3.05) is 39.4 Å². The second-order valence-electron chi connectivity index (χ2n) is 14.9. The molecule has 0 aromatic carbocycles. The van der Waals surface area contributed by atoms with Crippen LogP contribution in [0, 0.1) is 34.5 Å². The molecule has 7 aliphatic rings. The molecule has 38 heavy (non-hydrogen) atoms. The van der Waals surface area contributed by atoms with Crippen molar-refractivity contribution in [3.05, 3.63) is 0 Å². The number of nitrogens with zero attached hydrogens (tertiary/aromatic N) is 2. The minimum Gasteiger partial charge on any atom is -0.393 e. The third-order valence-corrected chi connectivity index (χ3v) is 13.5. The Balaban J connectivity index is 1.08. The number of ether oxygens (including phenoxy) is 2. The van der Waals surface area contributed by atoms with E-state index in [1.165, 1.54) is 19.3 Å². The van der Waals surface area contributed by atoms with Crippen LogP contribution in [-0.2, 0) is 9.47 Å². The Morgan fingerprint density at radius 3 is 2.08 bits per heavy atom. The molecule has 5 unspecified atom stereocenters. The molecule has 0 bridgehead atoms. The predicted octanol–water partition coefficient (Wildman–Crippen LogP) is 3.00. The molecule has 7 rings (SSSR count). The molecule has 7 nitrogen and oxygen atoms in total. The summed E-state index contributed by atoms with van der Waals surface area (Å²) in [7, 11) is 0. The van der Waals surface area contributed by atoms with E-state index < -0.39 is 0 Å². The van der Waals surface area contributed by atoms with Crippen LogP contribution in [-0.4, -0.2) is 101 Å². The van der Waals surface area contributed by atoms with Gasteiger partial charge in [-0.3, -0.25) is 9.80 Å². The molecule has 3 heterocycles. The number of likely N-dealkylation sites (tertiary alicyclic amines) is 2. The maximum atomic E-state index is 11.7. The van der Waals surface area contributed by atoms with Gasteiger partial charge in [-0.1, -0.05) is 13.8 Å². The fraction of sp³-hybridized carbons (Fsp3) is 1.00. The molecule has 0 aromatic heterocycles. The topological polar surface area (TPSA) is 85.6 Å². The van der Waals surface area contributed by atoms with E-state index in [4.69, 9.17) is 9.47 Å². The van der Waals surface area contributed by atoms with E-state index in [2.05, 4.69) is 23.6 Å². The van der Waals surface area contributed by atoms with Gasteiger partial charge in [-0.2, -0.15) is 0 Å². The average molecular weight is 533 g/mol. The fourth-order valence-corrected chi connectivity index (χ4v) is 11.2. The highest BCUT2D eigenvalue weighted by molar-refractivity contribution is 5.14. The lowest BCUT2D eigenvalue weighted by Gasteiger charge is -2.62. The van der Waals surface area contributed by atoms with E-state index in [0.29, 0.717) is 36.9 Å². The Labute approximate surface area is 229 Å². The van der Waals surface area contributed by atoms with Gasteiger partial charge in [0.2, 0.25) is 0 Å². The van der Waals surface area contributed by atoms with Crippen molar-refractivity contribution in [3.8, 4) is 0 Å². The first-order valence-electron chi connectivity index (χ1n) is 16.0. The summed E-state index contributed by atoms with van der Waals surface area (Å²) in [5.74, 6) is 2.22. The molecule has 1 spiro atoms. The molecular formula is C31H52N2O5. The van der Waals surface area contributed by atoms with Crippen molar-refractivity contribution >= 4 is 0 Å². The Kier molecular flexibility index (Phi) is 6.75. The predicted molar refractivity (Wildman–Crippen MR) is 144 cm³/mol. The van der Waals surface area contributed by atoms with Gasteiger partial charge in [-0.15, -0.1) is 0 Å². The highest BCUT2D eigenvalue weighted by atomic mass is 16.7. The third-order valence-electron chi connectivity index (χ3n) is 13.5. The van der Waals surface area contributed by atoms with Crippen LogP contribution in [0.4, 0.5) is 0 Å². The summed E-state index contributed by atoms with van der Waals surface area (Å²) in [6.45, 7) is 10.2. The largest absolute Gasteiger partial charge is 0.393 e. The maximum Gasteiger partial charge on any atom is 0.170 e. The van der Waals surface area contributed by atoms with E-state index in [1.807, 2.05) is 0 Å². The summed E-state index contributed by atoms with van der Waals surface area (Å²) in [4.78, 5) is 5.08. The van der Waals surface area contributed by atoms with Crippen molar-refractivity contribution in [2.24, 2.45) is 34.5 Å². The van der Waals surface area contributed by atoms with Gasteiger partial charge in [-0.25, -0.2) is 0 Å².